The van der Waals surface area contributed by atoms with Gasteiger partial charge in [-0.1, -0.05) is 24.4 Å². The van der Waals surface area contributed by atoms with Gasteiger partial charge >= 0.3 is 0 Å². The van der Waals surface area contributed by atoms with Crippen LogP contribution in [0.15, 0.2) is 23.1 Å². The fourth-order valence-electron chi connectivity index (χ4n) is 1.42. The molecule has 0 amide bonds. The molecule has 0 bridgehead atoms. The molecule has 0 aliphatic heterocycles. The van der Waals surface area contributed by atoms with Crippen LogP contribution in [0.2, 0.25) is 5.02 Å². The molecule has 0 heterocycles. The van der Waals surface area contributed by atoms with Gasteiger partial charge in [0.25, 0.3) is 0 Å². The summed E-state index contributed by atoms with van der Waals surface area (Å²) in [5.41, 5.74) is -0.952. The number of sulfonamides is 1. The second kappa shape index (κ2) is 5.83. The molecule has 1 atom stereocenters. The SMILES string of the molecule is C#C[C@](C)(CC)NS(=O)(=O)c1cc(Cl)ccc1OC. The van der Waals surface area contributed by atoms with Gasteiger partial charge in [0.05, 0.1) is 12.6 Å². The Morgan fingerprint density at radius 3 is 2.63 bits per heavy atom. The molecule has 0 spiro atoms. The molecule has 0 aliphatic carbocycles. The number of halogens is 1. The number of hydrogen-bond donors (Lipinski definition) is 1. The molecule has 104 valence electrons. The zero-order valence-corrected chi connectivity index (χ0v) is 12.6. The third kappa shape index (κ3) is 3.63. The summed E-state index contributed by atoms with van der Waals surface area (Å²) < 4.78 is 32.2. The lowest BCUT2D eigenvalue weighted by Gasteiger charge is -2.23. The van der Waals surface area contributed by atoms with E-state index in [4.69, 9.17) is 22.8 Å². The van der Waals surface area contributed by atoms with Crippen molar-refractivity contribution in [3.8, 4) is 18.1 Å². The summed E-state index contributed by atoms with van der Waals surface area (Å²) in [5, 5.41) is 0.306. The molecule has 0 fully saturated rings. The molecule has 0 aromatic heterocycles. The number of nitrogens with one attached hydrogen (secondary N) is 1. The van der Waals surface area contributed by atoms with E-state index in [2.05, 4.69) is 10.6 Å². The Balaban J connectivity index is 3.29. The summed E-state index contributed by atoms with van der Waals surface area (Å²) in [6, 6.07) is 4.38. The number of hydrogen-bond acceptors (Lipinski definition) is 3. The maximum atomic E-state index is 12.4. The monoisotopic (exact) mass is 301 g/mol. The van der Waals surface area contributed by atoms with E-state index in [-0.39, 0.29) is 10.6 Å². The highest BCUT2D eigenvalue weighted by Gasteiger charge is 2.29. The Hall–Kier alpha value is -1.22. The van der Waals surface area contributed by atoms with Crippen molar-refractivity contribution in [3.05, 3.63) is 23.2 Å². The number of benzene rings is 1. The molecule has 1 N–H and O–H groups in total. The highest BCUT2D eigenvalue weighted by Crippen LogP contribution is 2.28. The summed E-state index contributed by atoms with van der Waals surface area (Å²) >= 11 is 5.83. The van der Waals surface area contributed by atoms with Gasteiger partial charge in [0, 0.05) is 5.02 Å². The largest absolute Gasteiger partial charge is 0.495 e. The molecule has 0 aliphatic rings. The number of methoxy groups -OCH3 is 1. The molecule has 0 unspecified atom stereocenters. The minimum Gasteiger partial charge on any atom is -0.495 e. The lowest BCUT2D eigenvalue weighted by Crippen LogP contribution is -2.44. The Bertz CT molecular complexity index is 607. The summed E-state index contributed by atoms with van der Waals surface area (Å²) in [7, 11) is -2.42. The van der Waals surface area contributed by atoms with E-state index >= 15 is 0 Å². The minimum atomic E-state index is -3.81. The van der Waals surface area contributed by atoms with Crippen molar-refractivity contribution in [1.82, 2.24) is 4.72 Å². The molecule has 0 saturated carbocycles. The normalized spacial score (nSPS) is 14.5. The van der Waals surface area contributed by atoms with Crippen molar-refractivity contribution in [2.24, 2.45) is 0 Å². The Labute approximate surface area is 119 Å². The first-order valence-corrected chi connectivity index (χ1v) is 7.49. The maximum Gasteiger partial charge on any atom is 0.245 e. The predicted molar refractivity (Wildman–Crippen MR) is 75.9 cm³/mol. The van der Waals surface area contributed by atoms with Crippen molar-refractivity contribution in [3.63, 3.8) is 0 Å². The van der Waals surface area contributed by atoms with Gasteiger partial charge in [0.1, 0.15) is 10.6 Å². The molecule has 1 rings (SSSR count). The molecular weight excluding hydrogens is 286 g/mol. The molecule has 4 nitrogen and oxygen atoms in total. The zero-order chi connectivity index (χ0) is 14.7. The standard InChI is InChI=1S/C13H16ClNO3S/c1-5-13(3,6-2)15-19(16,17)12-9-10(14)7-8-11(12)18-4/h1,7-9,15H,6H2,2-4H3/t13-/m1/s1. The van der Waals surface area contributed by atoms with Gasteiger partial charge < -0.3 is 4.74 Å². The number of rotatable bonds is 5. The molecule has 0 saturated heterocycles. The average Bonchev–Trinajstić information content (AvgIpc) is 2.38. The fraction of sp³-hybridized carbons (Fsp3) is 0.385. The smallest absolute Gasteiger partial charge is 0.245 e. The molecule has 0 radical (unpaired) electrons. The van der Waals surface area contributed by atoms with Crippen LogP contribution in [0.4, 0.5) is 0 Å². The van der Waals surface area contributed by atoms with Crippen LogP contribution in [0.25, 0.3) is 0 Å². The van der Waals surface area contributed by atoms with Crippen LogP contribution in [0.1, 0.15) is 20.3 Å². The summed E-state index contributed by atoms with van der Waals surface area (Å²) in [6.07, 6.45) is 5.83. The van der Waals surface area contributed by atoms with Crippen LogP contribution in [-0.2, 0) is 10.0 Å². The van der Waals surface area contributed by atoms with Crippen molar-refractivity contribution < 1.29 is 13.2 Å². The van der Waals surface area contributed by atoms with Gasteiger partial charge in [0.2, 0.25) is 10.0 Å². The van der Waals surface area contributed by atoms with E-state index in [0.717, 1.165) is 0 Å². The van der Waals surface area contributed by atoms with Crippen molar-refractivity contribution >= 4 is 21.6 Å². The van der Waals surface area contributed by atoms with Crippen molar-refractivity contribution in [2.75, 3.05) is 7.11 Å². The average molecular weight is 302 g/mol. The summed E-state index contributed by atoms with van der Waals surface area (Å²) in [5.74, 6) is 2.66. The second-order valence-corrected chi connectivity index (χ2v) is 6.32. The number of terminal acetylenes is 1. The first-order chi connectivity index (χ1) is 8.78. The van der Waals surface area contributed by atoms with E-state index < -0.39 is 15.6 Å². The van der Waals surface area contributed by atoms with Gasteiger partial charge in [-0.15, -0.1) is 6.42 Å². The van der Waals surface area contributed by atoms with Gasteiger partial charge in [-0.2, -0.15) is 4.72 Å². The highest BCUT2D eigenvalue weighted by molar-refractivity contribution is 7.89. The topological polar surface area (TPSA) is 55.4 Å². The maximum absolute atomic E-state index is 12.4. The lowest BCUT2D eigenvalue weighted by molar-refractivity contribution is 0.401. The second-order valence-electron chi connectivity index (χ2n) is 4.23. The van der Waals surface area contributed by atoms with Gasteiger partial charge in [-0.25, -0.2) is 8.42 Å². The van der Waals surface area contributed by atoms with Crippen LogP contribution in [0, 0.1) is 12.3 Å². The van der Waals surface area contributed by atoms with Gasteiger partial charge in [0.15, 0.2) is 0 Å². The Morgan fingerprint density at radius 2 is 2.16 bits per heavy atom. The molecule has 1 aromatic rings. The zero-order valence-electron chi connectivity index (χ0n) is 11.0. The van der Waals surface area contributed by atoms with Crippen LogP contribution in [-0.4, -0.2) is 21.1 Å². The van der Waals surface area contributed by atoms with Crippen LogP contribution in [0.5, 0.6) is 5.75 Å². The highest BCUT2D eigenvalue weighted by atomic mass is 35.5. The molecular formula is C13H16ClNO3S. The minimum absolute atomic E-state index is 0.0302. The molecule has 6 heteroatoms. The van der Waals surface area contributed by atoms with E-state index in [1.54, 1.807) is 19.9 Å². The van der Waals surface area contributed by atoms with E-state index in [1.165, 1.54) is 19.2 Å². The first-order valence-electron chi connectivity index (χ1n) is 5.63. The van der Waals surface area contributed by atoms with Gasteiger partial charge in [-0.3, -0.25) is 0 Å². The Kier molecular flexibility index (Phi) is 4.86. The number of ether oxygens (including phenoxy) is 1. The molecule has 19 heavy (non-hydrogen) atoms. The third-order valence-corrected chi connectivity index (χ3v) is 4.65. The van der Waals surface area contributed by atoms with Gasteiger partial charge in [-0.05, 0) is 31.5 Å². The fourth-order valence-corrected chi connectivity index (χ4v) is 3.26. The van der Waals surface area contributed by atoms with Crippen LogP contribution < -0.4 is 9.46 Å². The summed E-state index contributed by atoms with van der Waals surface area (Å²) in [4.78, 5) is -0.0302. The first kappa shape index (κ1) is 15.8. The Morgan fingerprint density at radius 1 is 1.53 bits per heavy atom. The van der Waals surface area contributed by atoms with E-state index in [0.29, 0.717) is 11.4 Å². The quantitative estimate of drug-likeness (QED) is 0.850. The van der Waals surface area contributed by atoms with Crippen molar-refractivity contribution in [2.45, 2.75) is 30.7 Å². The summed E-state index contributed by atoms with van der Waals surface area (Å²) in [6.45, 7) is 3.44. The van der Waals surface area contributed by atoms with Crippen molar-refractivity contribution in [1.29, 1.82) is 0 Å². The van der Waals surface area contributed by atoms with E-state index in [9.17, 15) is 8.42 Å². The van der Waals surface area contributed by atoms with Crippen LogP contribution in [0.3, 0.4) is 0 Å². The predicted octanol–water partition coefficient (Wildman–Crippen LogP) is 2.43. The van der Waals surface area contributed by atoms with Crippen LogP contribution >= 0.6 is 11.6 Å². The molecule has 1 aromatic carbocycles. The lowest BCUT2D eigenvalue weighted by atomic mass is 10.0. The van der Waals surface area contributed by atoms with E-state index in [1.807, 2.05) is 0 Å². The third-order valence-electron chi connectivity index (χ3n) is 2.80.